The van der Waals surface area contributed by atoms with Crippen LogP contribution in [-0.2, 0) is 0 Å². The Balaban J connectivity index is 0.00000133. The fourth-order valence-electron chi connectivity index (χ4n) is 2.71. The Morgan fingerprint density at radius 2 is 2.21 bits per heavy atom. The molecule has 102 valence electrons. The third-order valence-electron chi connectivity index (χ3n) is 3.80. The van der Waals surface area contributed by atoms with Gasteiger partial charge in [-0.25, -0.2) is 0 Å². The maximum Gasteiger partial charge on any atom is 0.0723 e. The van der Waals surface area contributed by atoms with Crippen molar-refractivity contribution in [1.82, 2.24) is 10.3 Å². The van der Waals surface area contributed by atoms with Crippen molar-refractivity contribution in [1.29, 1.82) is 0 Å². The Morgan fingerprint density at radius 1 is 1.37 bits per heavy atom. The SMILES string of the molecule is Cc1cnc2cccc(N(C)[C@H]3CCNC3)c2c1.Cl. The molecule has 0 spiro atoms. The zero-order valence-corrected chi connectivity index (χ0v) is 12.2. The summed E-state index contributed by atoms with van der Waals surface area (Å²) in [5, 5.41) is 4.68. The first kappa shape index (κ1) is 14.1. The second-order valence-electron chi connectivity index (χ2n) is 5.11. The first-order valence-corrected chi connectivity index (χ1v) is 6.54. The molecule has 0 aliphatic carbocycles. The summed E-state index contributed by atoms with van der Waals surface area (Å²) in [5.41, 5.74) is 3.58. The molecular weight excluding hydrogens is 258 g/mol. The van der Waals surface area contributed by atoms with Crippen LogP contribution >= 0.6 is 12.4 Å². The van der Waals surface area contributed by atoms with Gasteiger partial charge in [0.2, 0.25) is 0 Å². The van der Waals surface area contributed by atoms with Crippen LogP contribution in [0.2, 0.25) is 0 Å². The Kier molecular flexibility index (Phi) is 4.27. The normalized spacial score (nSPS) is 18.3. The molecule has 0 saturated carbocycles. The molecule has 3 rings (SSSR count). The molecule has 1 fully saturated rings. The summed E-state index contributed by atoms with van der Waals surface area (Å²) < 4.78 is 0. The van der Waals surface area contributed by atoms with Gasteiger partial charge in [0.05, 0.1) is 5.52 Å². The van der Waals surface area contributed by atoms with Crippen LogP contribution < -0.4 is 10.2 Å². The quantitative estimate of drug-likeness (QED) is 0.915. The first-order valence-electron chi connectivity index (χ1n) is 6.54. The number of nitrogens with one attached hydrogen (secondary N) is 1. The van der Waals surface area contributed by atoms with Crippen LogP contribution in [0.3, 0.4) is 0 Å². The number of halogens is 1. The zero-order valence-electron chi connectivity index (χ0n) is 11.4. The van der Waals surface area contributed by atoms with Gasteiger partial charge >= 0.3 is 0 Å². The summed E-state index contributed by atoms with van der Waals surface area (Å²) >= 11 is 0. The number of hydrogen-bond acceptors (Lipinski definition) is 3. The number of anilines is 1. The van der Waals surface area contributed by atoms with Gasteiger partial charge in [-0.15, -0.1) is 12.4 Å². The van der Waals surface area contributed by atoms with Crippen LogP contribution in [0.5, 0.6) is 0 Å². The number of aromatic nitrogens is 1. The molecule has 1 aliphatic rings. The average molecular weight is 278 g/mol. The lowest BCUT2D eigenvalue weighted by molar-refractivity contribution is 0.687. The molecule has 0 radical (unpaired) electrons. The van der Waals surface area contributed by atoms with E-state index in [-0.39, 0.29) is 12.4 Å². The van der Waals surface area contributed by atoms with Crippen LogP contribution in [0.4, 0.5) is 5.69 Å². The highest BCUT2D eigenvalue weighted by molar-refractivity contribution is 5.92. The van der Waals surface area contributed by atoms with Crippen LogP contribution in [0.1, 0.15) is 12.0 Å². The molecule has 1 atom stereocenters. The van der Waals surface area contributed by atoms with Crippen LogP contribution in [-0.4, -0.2) is 31.2 Å². The summed E-state index contributed by atoms with van der Waals surface area (Å²) in [6, 6.07) is 9.20. The summed E-state index contributed by atoms with van der Waals surface area (Å²) in [4.78, 5) is 6.90. The van der Waals surface area contributed by atoms with Crippen molar-refractivity contribution in [2.75, 3.05) is 25.0 Å². The minimum atomic E-state index is 0. The fraction of sp³-hybridized carbons (Fsp3) is 0.400. The number of hydrogen-bond donors (Lipinski definition) is 1. The van der Waals surface area contributed by atoms with E-state index < -0.39 is 0 Å². The minimum absolute atomic E-state index is 0. The first-order chi connectivity index (χ1) is 8.75. The Bertz CT molecular complexity index is 564. The lowest BCUT2D eigenvalue weighted by atomic mass is 10.1. The highest BCUT2D eigenvalue weighted by Crippen LogP contribution is 2.27. The summed E-state index contributed by atoms with van der Waals surface area (Å²) in [5.74, 6) is 0. The van der Waals surface area contributed by atoms with Gasteiger partial charge in [-0.2, -0.15) is 0 Å². The lowest BCUT2D eigenvalue weighted by Gasteiger charge is -2.27. The number of aryl methyl sites for hydroxylation is 1. The monoisotopic (exact) mass is 277 g/mol. The van der Waals surface area contributed by atoms with Crippen molar-refractivity contribution in [3.05, 3.63) is 36.0 Å². The fourth-order valence-corrected chi connectivity index (χ4v) is 2.71. The maximum atomic E-state index is 4.51. The number of nitrogens with zero attached hydrogens (tertiary/aromatic N) is 2. The molecule has 1 aromatic carbocycles. The van der Waals surface area contributed by atoms with E-state index in [0.717, 1.165) is 18.6 Å². The number of rotatable bonds is 2. The van der Waals surface area contributed by atoms with Crippen LogP contribution in [0.15, 0.2) is 30.5 Å². The number of pyridine rings is 1. The molecule has 0 unspecified atom stereocenters. The minimum Gasteiger partial charge on any atom is -0.370 e. The number of benzene rings is 1. The zero-order chi connectivity index (χ0) is 12.5. The molecule has 2 aromatic rings. The van der Waals surface area contributed by atoms with E-state index in [9.17, 15) is 0 Å². The van der Waals surface area contributed by atoms with E-state index in [0.29, 0.717) is 6.04 Å². The lowest BCUT2D eigenvalue weighted by Crippen LogP contribution is -2.33. The predicted octanol–water partition coefficient (Wildman–Crippen LogP) is 2.76. The van der Waals surface area contributed by atoms with Crippen molar-refractivity contribution in [3.63, 3.8) is 0 Å². The van der Waals surface area contributed by atoms with Crippen LogP contribution in [0.25, 0.3) is 10.9 Å². The van der Waals surface area contributed by atoms with Crippen molar-refractivity contribution >= 4 is 29.0 Å². The molecule has 1 N–H and O–H groups in total. The summed E-state index contributed by atoms with van der Waals surface area (Å²) in [7, 11) is 2.19. The molecule has 0 bridgehead atoms. The Labute approximate surface area is 120 Å². The van der Waals surface area contributed by atoms with Gasteiger partial charge in [0.15, 0.2) is 0 Å². The molecule has 19 heavy (non-hydrogen) atoms. The molecule has 3 nitrogen and oxygen atoms in total. The largest absolute Gasteiger partial charge is 0.370 e. The van der Waals surface area contributed by atoms with Crippen molar-refractivity contribution in [2.45, 2.75) is 19.4 Å². The van der Waals surface area contributed by atoms with E-state index in [1.165, 1.54) is 23.1 Å². The third kappa shape index (κ3) is 2.67. The highest BCUT2D eigenvalue weighted by Gasteiger charge is 2.20. The highest BCUT2D eigenvalue weighted by atomic mass is 35.5. The predicted molar refractivity (Wildman–Crippen MR) is 83.4 cm³/mol. The van der Waals surface area contributed by atoms with E-state index >= 15 is 0 Å². The number of likely N-dealkylation sites (N-methyl/N-ethyl adjacent to an activating group) is 1. The topological polar surface area (TPSA) is 28.2 Å². The third-order valence-corrected chi connectivity index (χ3v) is 3.80. The second kappa shape index (κ2) is 5.76. The van der Waals surface area contributed by atoms with Crippen molar-refractivity contribution in [2.24, 2.45) is 0 Å². The number of fused-ring (bicyclic) bond motifs is 1. The van der Waals surface area contributed by atoms with Gasteiger partial charge in [-0.3, -0.25) is 4.98 Å². The molecule has 1 saturated heterocycles. The van der Waals surface area contributed by atoms with Gasteiger partial charge in [0, 0.05) is 36.9 Å². The van der Waals surface area contributed by atoms with Gasteiger partial charge in [-0.05, 0) is 43.7 Å². The Hall–Kier alpha value is -1.32. The van der Waals surface area contributed by atoms with E-state index in [1.54, 1.807) is 0 Å². The molecule has 0 amide bonds. The average Bonchev–Trinajstić information content (AvgIpc) is 2.91. The summed E-state index contributed by atoms with van der Waals surface area (Å²) in [6.07, 6.45) is 3.15. The van der Waals surface area contributed by atoms with Crippen molar-refractivity contribution < 1.29 is 0 Å². The molecule has 1 aliphatic heterocycles. The molecule has 2 heterocycles. The van der Waals surface area contributed by atoms with Gasteiger partial charge in [0.1, 0.15) is 0 Å². The molecule has 1 aromatic heterocycles. The summed E-state index contributed by atoms with van der Waals surface area (Å²) in [6.45, 7) is 4.30. The van der Waals surface area contributed by atoms with Gasteiger partial charge in [0.25, 0.3) is 0 Å². The van der Waals surface area contributed by atoms with E-state index in [4.69, 9.17) is 0 Å². The molecular formula is C15H20ClN3. The van der Waals surface area contributed by atoms with Crippen molar-refractivity contribution in [3.8, 4) is 0 Å². The Morgan fingerprint density at radius 3 is 2.95 bits per heavy atom. The van der Waals surface area contributed by atoms with Crippen LogP contribution in [0, 0.1) is 6.92 Å². The maximum absolute atomic E-state index is 4.51. The second-order valence-corrected chi connectivity index (χ2v) is 5.11. The molecule has 4 heteroatoms. The van der Waals surface area contributed by atoms with Gasteiger partial charge in [-0.1, -0.05) is 6.07 Å². The van der Waals surface area contributed by atoms with Gasteiger partial charge < -0.3 is 10.2 Å². The standard InChI is InChI=1S/C15H19N3.ClH/c1-11-8-13-14(17-9-11)4-3-5-15(13)18(2)12-6-7-16-10-12;/h3-5,8-9,12,16H,6-7,10H2,1-2H3;1H/t12-;/m0./s1. The smallest absolute Gasteiger partial charge is 0.0723 e. The van der Waals surface area contributed by atoms with E-state index in [1.807, 2.05) is 6.20 Å². The van der Waals surface area contributed by atoms with E-state index in [2.05, 4.69) is 53.4 Å².